The molecule has 0 bridgehead atoms. The highest BCUT2D eigenvalue weighted by molar-refractivity contribution is 7.92. The van der Waals surface area contributed by atoms with E-state index in [0.717, 1.165) is 0 Å². The molecule has 0 spiro atoms. The summed E-state index contributed by atoms with van der Waals surface area (Å²) >= 11 is 0. The van der Waals surface area contributed by atoms with Gasteiger partial charge in [-0.2, -0.15) is 0 Å². The third-order valence-electron chi connectivity index (χ3n) is 5.55. The van der Waals surface area contributed by atoms with Gasteiger partial charge in [-0.3, -0.25) is 4.72 Å². The number of ether oxygens (including phenoxy) is 1. The Morgan fingerprint density at radius 2 is 1.74 bits per heavy atom. The number of pyridine rings is 1. The van der Waals surface area contributed by atoms with Gasteiger partial charge in [0.1, 0.15) is 19.0 Å². The van der Waals surface area contributed by atoms with Crippen LogP contribution in [-0.4, -0.2) is 38.8 Å². The van der Waals surface area contributed by atoms with Crippen LogP contribution in [0.5, 0.6) is 5.88 Å². The predicted octanol–water partition coefficient (Wildman–Crippen LogP) is 3.13. The second-order valence-electron chi connectivity index (χ2n) is 8.23. The zero-order valence-electron chi connectivity index (χ0n) is 18.0. The summed E-state index contributed by atoms with van der Waals surface area (Å²) < 4.78 is 71.8. The van der Waals surface area contributed by atoms with Crippen molar-refractivity contribution in [3.05, 3.63) is 41.6 Å². The topological polar surface area (TPSA) is 86.8 Å². The minimum absolute atomic E-state index is 0.0195. The van der Waals surface area contributed by atoms with Crippen LogP contribution in [0.1, 0.15) is 38.8 Å². The lowest BCUT2D eigenvalue weighted by Gasteiger charge is -2.32. The van der Waals surface area contributed by atoms with Crippen molar-refractivity contribution in [3.8, 4) is 5.88 Å². The largest absolute Gasteiger partial charge is 0.496 e. The van der Waals surface area contributed by atoms with E-state index in [0.29, 0.717) is 5.46 Å². The maximum absolute atomic E-state index is 13.4. The van der Waals surface area contributed by atoms with Gasteiger partial charge in [0.2, 0.25) is 5.88 Å². The number of alkyl halides is 2. The van der Waals surface area contributed by atoms with Gasteiger partial charge in [-0.1, -0.05) is 6.07 Å². The van der Waals surface area contributed by atoms with Crippen molar-refractivity contribution < 1.29 is 31.2 Å². The molecule has 1 fully saturated rings. The maximum atomic E-state index is 13.4. The van der Waals surface area contributed by atoms with Gasteiger partial charge in [0.15, 0.2) is 0 Å². The van der Waals surface area contributed by atoms with Crippen molar-refractivity contribution in [2.75, 3.05) is 11.8 Å². The third kappa shape index (κ3) is 4.53. The zero-order valence-corrected chi connectivity index (χ0v) is 18.8. The average Bonchev–Trinajstić information content (AvgIpc) is 2.94. The summed E-state index contributed by atoms with van der Waals surface area (Å²) in [6, 6.07) is 5.15. The van der Waals surface area contributed by atoms with Crippen molar-refractivity contribution >= 4 is 28.3 Å². The molecule has 0 radical (unpaired) electrons. The van der Waals surface area contributed by atoms with E-state index in [2.05, 4.69) is 9.71 Å². The van der Waals surface area contributed by atoms with Crippen LogP contribution in [0.25, 0.3) is 0 Å². The van der Waals surface area contributed by atoms with Gasteiger partial charge in [-0.05, 0) is 51.5 Å². The minimum Gasteiger partial charge on any atom is -0.480 e. The highest BCUT2D eigenvalue weighted by Crippen LogP contribution is 2.37. The van der Waals surface area contributed by atoms with E-state index in [1.54, 1.807) is 0 Å². The Balaban J connectivity index is 1.97. The number of methoxy groups -OCH3 is 1. The first-order chi connectivity index (χ1) is 14.4. The Bertz CT molecular complexity index is 1060. The molecule has 3 rings (SSSR count). The van der Waals surface area contributed by atoms with E-state index in [-0.39, 0.29) is 27.6 Å². The molecule has 1 aromatic heterocycles. The number of nitrogens with zero attached hydrogens (tertiary/aromatic N) is 1. The number of benzene rings is 1. The average molecular weight is 454 g/mol. The van der Waals surface area contributed by atoms with E-state index in [9.17, 15) is 17.2 Å². The predicted molar refractivity (Wildman–Crippen MR) is 113 cm³/mol. The van der Waals surface area contributed by atoms with Crippen LogP contribution in [0, 0.1) is 0 Å². The first-order valence-electron chi connectivity index (χ1n) is 9.60. The van der Waals surface area contributed by atoms with Crippen LogP contribution in [0.3, 0.4) is 0 Å². The number of rotatable bonds is 7. The van der Waals surface area contributed by atoms with Crippen molar-refractivity contribution in [2.45, 2.75) is 57.1 Å². The second-order valence-corrected chi connectivity index (χ2v) is 9.88. The molecule has 1 saturated heterocycles. The molecule has 2 aromatic rings. The molecule has 0 atom stereocenters. The Morgan fingerprint density at radius 3 is 2.29 bits per heavy atom. The van der Waals surface area contributed by atoms with Gasteiger partial charge in [0, 0.05) is 17.2 Å². The van der Waals surface area contributed by atoms with Crippen LogP contribution in [0.15, 0.2) is 35.4 Å². The monoisotopic (exact) mass is 454 g/mol. The molecular formula is C20H25BF2N2O5S. The lowest BCUT2D eigenvalue weighted by Crippen LogP contribution is -2.41. The number of hydrogen-bond donors (Lipinski definition) is 1. The smallest absolute Gasteiger partial charge is 0.480 e. The van der Waals surface area contributed by atoms with Gasteiger partial charge in [-0.25, -0.2) is 22.2 Å². The second kappa shape index (κ2) is 8.36. The zero-order chi connectivity index (χ0) is 23.0. The normalized spacial score (nSPS) is 17.6. The fourth-order valence-corrected chi connectivity index (χ4v) is 4.35. The van der Waals surface area contributed by atoms with E-state index in [1.165, 1.54) is 37.6 Å². The standard InChI is InChI=1S/C20H25BF2N2O5S/c1-19(2)20(3,4)30-21(29-19)15-9-16(18(28-5)24-12-15)25-31(26,27)17-7-6-13(10-22)8-14(17)11-23/h6-9,12,25H,10-11H2,1-5H3. The fraction of sp³-hybridized carbons (Fsp3) is 0.450. The summed E-state index contributed by atoms with van der Waals surface area (Å²) in [5.41, 5.74) is -0.619. The minimum atomic E-state index is -4.21. The summed E-state index contributed by atoms with van der Waals surface area (Å²) in [6.07, 6.45) is 1.47. The van der Waals surface area contributed by atoms with E-state index in [1.807, 2.05) is 27.7 Å². The molecule has 0 saturated carbocycles. The molecule has 0 aliphatic carbocycles. The molecule has 1 aromatic carbocycles. The summed E-state index contributed by atoms with van der Waals surface area (Å²) in [7, 11) is -3.64. The quantitative estimate of drug-likeness (QED) is 0.648. The fourth-order valence-electron chi connectivity index (χ4n) is 3.09. The number of aromatic nitrogens is 1. The highest BCUT2D eigenvalue weighted by Gasteiger charge is 2.52. The number of sulfonamides is 1. The van der Waals surface area contributed by atoms with E-state index < -0.39 is 41.7 Å². The molecule has 2 heterocycles. The Kier molecular flexibility index (Phi) is 6.32. The van der Waals surface area contributed by atoms with Gasteiger partial charge >= 0.3 is 7.12 Å². The van der Waals surface area contributed by atoms with E-state index in [4.69, 9.17) is 14.0 Å². The molecule has 31 heavy (non-hydrogen) atoms. The number of nitrogens with one attached hydrogen (secondary N) is 1. The van der Waals surface area contributed by atoms with Crippen molar-refractivity contribution in [2.24, 2.45) is 0 Å². The molecule has 1 aliphatic heterocycles. The molecule has 7 nitrogen and oxygen atoms in total. The number of halogens is 2. The van der Waals surface area contributed by atoms with Crippen LogP contribution < -0.4 is 14.9 Å². The van der Waals surface area contributed by atoms with Gasteiger partial charge in [0.05, 0.1) is 23.2 Å². The van der Waals surface area contributed by atoms with E-state index >= 15 is 0 Å². The highest BCUT2D eigenvalue weighted by atomic mass is 32.2. The van der Waals surface area contributed by atoms with Crippen molar-refractivity contribution in [3.63, 3.8) is 0 Å². The third-order valence-corrected chi connectivity index (χ3v) is 7.01. The summed E-state index contributed by atoms with van der Waals surface area (Å²) in [6.45, 7) is 5.70. The molecule has 11 heteroatoms. The lowest BCUT2D eigenvalue weighted by molar-refractivity contribution is 0.00578. The first kappa shape index (κ1) is 23.4. The van der Waals surface area contributed by atoms with Crippen LogP contribution in [-0.2, 0) is 32.7 Å². The van der Waals surface area contributed by atoms with Crippen molar-refractivity contribution in [1.29, 1.82) is 0 Å². The summed E-state index contributed by atoms with van der Waals surface area (Å²) in [5.74, 6) is 0.0195. The van der Waals surface area contributed by atoms with Crippen LogP contribution in [0.2, 0.25) is 0 Å². The Hall–Kier alpha value is -2.24. The first-order valence-corrected chi connectivity index (χ1v) is 11.1. The molecule has 0 amide bonds. The summed E-state index contributed by atoms with van der Waals surface area (Å²) in [5, 5.41) is 0. The van der Waals surface area contributed by atoms with Gasteiger partial charge < -0.3 is 14.0 Å². The summed E-state index contributed by atoms with van der Waals surface area (Å²) in [4.78, 5) is 3.86. The maximum Gasteiger partial charge on any atom is 0.496 e. The lowest BCUT2D eigenvalue weighted by atomic mass is 9.80. The van der Waals surface area contributed by atoms with Crippen LogP contribution in [0.4, 0.5) is 14.5 Å². The van der Waals surface area contributed by atoms with Gasteiger partial charge in [0.25, 0.3) is 10.0 Å². The molecule has 0 unspecified atom stereocenters. The number of hydrogen-bond acceptors (Lipinski definition) is 6. The molecular weight excluding hydrogens is 429 g/mol. The molecule has 1 N–H and O–H groups in total. The van der Waals surface area contributed by atoms with Crippen LogP contribution >= 0.6 is 0 Å². The molecule has 168 valence electrons. The molecule has 1 aliphatic rings. The number of anilines is 1. The Labute approximate surface area is 181 Å². The van der Waals surface area contributed by atoms with Gasteiger partial charge in [-0.15, -0.1) is 0 Å². The Morgan fingerprint density at radius 1 is 1.10 bits per heavy atom. The SMILES string of the molecule is COc1ncc(B2OC(C)(C)C(C)(C)O2)cc1NS(=O)(=O)c1ccc(CF)cc1CF. The van der Waals surface area contributed by atoms with Crippen molar-refractivity contribution in [1.82, 2.24) is 4.98 Å².